The Hall–Kier alpha value is -2.96. The van der Waals surface area contributed by atoms with E-state index < -0.39 is 17.4 Å². The molecule has 0 spiro atoms. The Morgan fingerprint density at radius 2 is 1.88 bits per heavy atom. The number of nitrogens with two attached hydrogens (primary N) is 1. The number of benzene rings is 1. The fourth-order valence-electron chi connectivity index (χ4n) is 4.87. The van der Waals surface area contributed by atoms with Crippen LogP contribution in [0.25, 0.3) is 5.69 Å². The summed E-state index contributed by atoms with van der Waals surface area (Å²) in [6.45, 7) is 3.99. The molecule has 1 aromatic heterocycles. The van der Waals surface area contributed by atoms with Crippen LogP contribution in [-0.4, -0.2) is 70.7 Å². The number of alkyl halides is 3. The summed E-state index contributed by atoms with van der Waals surface area (Å²) in [5.41, 5.74) is 4.58. The van der Waals surface area contributed by atoms with E-state index in [0.717, 1.165) is 10.6 Å². The van der Waals surface area contributed by atoms with Gasteiger partial charge in [0.15, 0.2) is 0 Å². The summed E-state index contributed by atoms with van der Waals surface area (Å²) < 4.78 is 42.6. The number of carbonyl (C=O) groups is 1. The number of amides is 2. The van der Waals surface area contributed by atoms with Gasteiger partial charge < -0.3 is 16.0 Å². The molecule has 2 saturated heterocycles. The molecular formula is C22H26F3N7O2. The molecule has 5 rings (SSSR count). The number of nitrogens with one attached hydrogen (secondary N) is 2. The minimum absolute atomic E-state index is 0.0447. The van der Waals surface area contributed by atoms with Gasteiger partial charge in [-0.3, -0.25) is 14.8 Å². The van der Waals surface area contributed by atoms with Crippen LogP contribution in [0.2, 0.25) is 0 Å². The van der Waals surface area contributed by atoms with E-state index in [9.17, 15) is 22.8 Å². The van der Waals surface area contributed by atoms with Crippen LogP contribution in [0, 0.1) is 11.8 Å². The third kappa shape index (κ3) is 4.52. The number of fused-ring (bicyclic) bond motifs is 1. The lowest BCUT2D eigenvalue weighted by Gasteiger charge is -2.27. The molecule has 1 aliphatic carbocycles. The van der Waals surface area contributed by atoms with E-state index in [0.29, 0.717) is 51.1 Å². The summed E-state index contributed by atoms with van der Waals surface area (Å²) >= 11 is 0. The highest BCUT2D eigenvalue weighted by Gasteiger charge is 2.53. The van der Waals surface area contributed by atoms with Gasteiger partial charge in [-0.15, -0.1) is 0 Å². The standard InChI is InChI=1S/C22H26F3N7O2/c23-22(24,25)17-9-14(2-1-13(17)10-30-11-15-16(12-30)19(15)26)32-6-3-18(29-21(32)34)28-20(33)31-7-4-27-5-8-31/h1-3,6,9,15-16,19,27H,4-5,7-8,10-12,26H2,(H,28,29,33,34)/t15-,16+,19?. The third-order valence-corrected chi connectivity index (χ3v) is 6.85. The predicted octanol–water partition coefficient (Wildman–Crippen LogP) is 1.08. The number of piperidine rings is 1. The van der Waals surface area contributed by atoms with Crippen molar-refractivity contribution in [3.63, 3.8) is 0 Å². The molecular weight excluding hydrogens is 451 g/mol. The molecule has 0 radical (unpaired) electrons. The topological polar surface area (TPSA) is 109 Å². The van der Waals surface area contributed by atoms with Gasteiger partial charge in [-0.05, 0) is 35.6 Å². The number of anilines is 1. The van der Waals surface area contributed by atoms with Gasteiger partial charge in [0.25, 0.3) is 0 Å². The zero-order valence-electron chi connectivity index (χ0n) is 18.4. The van der Waals surface area contributed by atoms with Crippen LogP contribution in [0.3, 0.4) is 0 Å². The van der Waals surface area contributed by atoms with E-state index in [4.69, 9.17) is 5.73 Å². The molecule has 1 saturated carbocycles. The van der Waals surface area contributed by atoms with E-state index >= 15 is 0 Å². The zero-order chi connectivity index (χ0) is 24.0. The number of hydrogen-bond acceptors (Lipinski definition) is 6. The molecule has 4 N–H and O–H groups in total. The van der Waals surface area contributed by atoms with Gasteiger partial charge in [-0.25, -0.2) is 9.59 Å². The Bertz CT molecular complexity index is 1130. The van der Waals surface area contributed by atoms with Gasteiger partial charge in [0.05, 0.1) is 11.3 Å². The summed E-state index contributed by atoms with van der Waals surface area (Å²) in [6, 6.07) is 5.05. The van der Waals surface area contributed by atoms with Crippen LogP contribution in [0.1, 0.15) is 11.1 Å². The van der Waals surface area contributed by atoms with Crippen molar-refractivity contribution in [2.75, 3.05) is 44.6 Å². The zero-order valence-corrected chi connectivity index (χ0v) is 18.4. The molecule has 3 heterocycles. The fourth-order valence-corrected chi connectivity index (χ4v) is 4.87. The summed E-state index contributed by atoms with van der Waals surface area (Å²) in [5.74, 6) is 0.802. The molecule has 182 valence electrons. The smallest absolute Gasteiger partial charge is 0.327 e. The summed E-state index contributed by atoms with van der Waals surface area (Å²) in [6.07, 6.45) is -3.26. The van der Waals surface area contributed by atoms with Crippen LogP contribution in [0.4, 0.5) is 23.8 Å². The van der Waals surface area contributed by atoms with Crippen LogP contribution >= 0.6 is 0 Å². The summed E-state index contributed by atoms with van der Waals surface area (Å²) in [5, 5.41) is 5.70. The molecule has 34 heavy (non-hydrogen) atoms. The van der Waals surface area contributed by atoms with Crippen LogP contribution in [0.15, 0.2) is 35.3 Å². The molecule has 3 aliphatic rings. The lowest BCUT2D eigenvalue weighted by Crippen LogP contribution is -2.48. The lowest BCUT2D eigenvalue weighted by molar-refractivity contribution is -0.138. The Balaban J connectivity index is 1.34. The second kappa shape index (κ2) is 8.67. The predicted molar refractivity (Wildman–Crippen MR) is 119 cm³/mol. The van der Waals surface area contributed by atoms with Gasteiger partial charge in [-0.2, -0.15) is 18.2 Å². The van der Waals surface area contributed by atoms with Gasteiger partial charge in [-0.1, -0.05) is 6.07 Å². The maximum Gasteiger partial charge on any atom is 0.416 e. The number of likely N-dealkylation sites (tertiary alicyclic amines) is 1. The van der Waals surface area contributed by atoms with Crippen LogP contribution in [0.5, 0.6) is 0 Å². The van der Waals surface area contributed by atoms with Crippen molar-refractivity contribution in [2.24, 2.45) is 17.6 Å². The number of urea groups is 1. The number of hydrogen-bond donors (Lipinski definition) is 3. The molecule has 2 aliphatic heterocycles. The van der Waals surface area contributed by atoms with E-state index in [1.165, 1.54) is 24.4 Å². The van der Waals surface area contributed by atoms with Gasteiger partial charge >= 0.3 is 17.9 Å². The number of nitrogens with zero attached hydrogens (tertiary/aromatic N) is 4. The number of rotatable bonds is 4. The Labute approximate surface area is 193 Å². The highest BCUT2D eigenvalue weighted by atomic mass is 19.4. The highest BCUT2D eigenvalue weighted by molar-refractivity contribution is 5.88. The second-order valence-electron chi connectivity index (χ2n) is 9.07. The first-order valence-corrected chi connectivity index (χ1v) is 11.3. The lowest BCUT2D eigenvalue weighted by atomic mass is 10.0. The minimum Gasteiger partial charge on any atom is -0.327 e. The molecule has 1 aromatic carbocycles. The second-order valence-corrected chi connectivity index (χ2v) is 9.07. The molecule has 12 heteroatoms. The first kappa shape index (κ1) is 22.8. The Morgan fingerprint density at radius 1 is 1.18 bits per heavy atom. The Morgan fingerprint density at radius 3 is 2.53 bits per heavy atom. The van der Waals surface area contributed by atoms with Crippen molar-refractivity contribution in [2.45, 2.75) is 18.8 Å². The number of piperazine rings is 1. The van der Waals surface area contributed by atoms with Crippen molar-refractivity contribution in [1.29, 1.82) is 0 Å². The first-order chi connectivity index (χ1) is 16.2. The maximum absolute atomic E-state index is 13.9. The molecule has 2 aromatic rings. The van der Waals surface area contributed by atoms with Crippen LogP contribution < -0.4 is 22.1 Å². The van der Waals surface area contributed by atoms with E-state index in [1.54, 1.807) is 4.90 Å². The van der Waals surface area contributed by atoms with Crippen molar-refractivity contribution >= 4 is 11.8 Å². The average Bonchev–Trinajstić information content (AvgIpc) is 3.19. The van der Waals surface area contributed by atoms with E-state index in [-0.39, 0.29) is 35.7 Å². The highest BCUT2D eigenvalue weighted by Crippen LogP contribution is 2.44. The SMILES string of the molecule is NC1[C@H]2CN(Cc3ccc(-n4ccc(NC(=O)N5CCNCC5)nc4=O)cc3C(F)(F)F)C[C@@H]12. The molecule has 2 amide bonds. The van der Waals surface area contributed by atoms with E-state index in [1.807, 2.05) is 4.90 Å². The first-order valence-electron chi connectivity index (χ1n) is 11.3. The molecule has 1 unspecified atom stereocenters. The quantitative estimate of drug-likeness (QED) is 0.608. The van der Waals surface area contributed by atoms with Crippen molar-refractivity contribution in [3.05, 3.63) is 52.1 Å². The number of aromatic nitrogens is 2. The molecule has 3 atom stereocenters. The Kier molecular flexibility index (Phi) is 5.82. The summed E-state index contributed by atoms with van der Waals surface area (Å²) in [7, 11) is 0. The minimum atomic E-state index is -4.57. The van der Waals surface area contributed by atoms with Gasteiger partial charge in [0.2, 0.25) is 0 Å². The fraction of sp³-hybridized carbons (Fsp3) is 0.500. The van der Waals surface area contributed by atoms with Crippen molar-refractivity contribution in [1.82, 2.24) is 24.7 Å². The summed E-state index contributed by atoms with van der Waals surface area (Å²) in [4.78, 5) is 32.3. The largest absolute Gasteiger partial charge is 0.416 e. The number of halogens is 3. The molecule has 3 fully saturated rings. The van der Waals surface area contributed by atoms with E-state index in [2.05, 4.69) is 15.6 Å². The van der Waals surface area contributed by atoms with Crippen molar-refractivity contribution in [3.8, 4) is 5.69 Å². The third-order valence-electron chi connectivity index (χ3n) is 6.85. The van der Waals surface area contributed by atoms with Gasteiger partial charge in [0.1, 0.15) is 5.82 Å². The normalized spacial score (nSPS) is 24.7. The monoisotopic (exact) mass is 477 g/mol. The molecule has 9 nitrogen and oxygen atoms in total. The van der Waals surface area contributed by atoms with Gasteiger partial charge in [0, 0.05) is 58.1 Å². The number of carbonyl (C=O) groups excluding carboxylic acids is 1. The maximum atomic E-state index is 13.9. The van der Waals surface area contributed by atoms with Crippen LogP contribution in [-0.2, 0) is 12.7 Å². The average molecular weight is 477 g/mol. The molecule has 0 bridgehead atoms. The van der Waals surface area contributed by atoms with Crippen molar-refractivity contribution < 1.29 is 18.0 Å².